The van der Waals surface area contributed by atoms with Gasteiger partial charge in [0, 0.05) is 32.2 Å². The fraction of sp³-hybridized carbons (Fsp3) is 0.680. The minimum absolute atomic E-state index is 0.0368. The van der Waals surface area contributed by atoms with Crippen LogP contribution in [0.25, 0.3) is 0 Å². The van der Waals surface area contributed by atoms with Crippen molar-refractivity contribution in [3.05, 3.63) is 35.4 Å². The summed E-state index contributed by atoms with van der Waals surface area (Å²) in [6.45, 7) is 9.64. The van der Waals surface area contributed by atoms with Gasteiger partial charge < -0.3 is 9.80 Å². The third-order valence-electron chi connectivity index (χ3n) is 6.42. The number of aryl methyl sites for hydroxylation is 1. The molecule has 0 aromatic heterocycles. The van der Waals surface area contributed by atoms with Gasteiger partial charge >= 0.3 is 0 Å². The normalized spacial score (nSPS) is 15.2. The molecule has 1 aliphatic rings. The number of carbonyl (C=O) groups is 2. The molecule has 0 radical (unpaired) electrons. The van der Waals surface area contributed by atoms with Crippen molar-refractivity contribution >= 4 is 33.4 Å². The number of nitrogens with zero attached hydrogens (tertiary/aromatic N) is 3. The van der Waals surface area contributed by atoms with Crippen molar-refractivity contribution in [3.8, 4) is 0 Å². The second-order valence-electron chi connectivity index (χ2n) is 9.53. The molecule has 0 saturated carbocycles. The maximum Gasteiger partial charge on any atom is 0.238 e. The van der Waals surface area contributed by atoms with Crippen molar-refractivity contribution in [2.45, 2.75) is 66.0 Å². The van der Waals surface area contributed by atoms with Crippen molar-refractivity contribution in [1.82, 2.24) is 14.1 Å². The minimum atomic E-state index is -3.51. The Balaban J connectivity index is 2.26. The molecule has 34 heavy (non-hydrogen) atoms. The van der Waals surface area contributed by atoms with E-state index in [0.717, 1.165) is 11.1 Å². The maximum absolute atomic E-state index is 13.7. The number of benzene rings is 1. The van der Waals surface area contributed by atoms with E-state index in [1.54, 1.807) is 4.90 Å². The van der Waals surface area contributed by atoms with Gasteiger partial charge in [-0.15, -0.1) is 11.6 Å². The SMILES string of the molecule is CCCS(=O)(=O)N(CCC(C)C)CC(=O)N(Cc1ccccc1C)C1CCN(C(=O)CCl)CC1. The van der Waals surface area contributed by atoms with Crippen LogP contribution in [0.4, 0.5) is 0 Å². The summed E-state index contributed by atoms with van der Waals surface area (Å²) >= 11 is 5.72. The van der Waals surface area contributed by atoms with E-state index in [1.807, 2.05) is 56.9 Å². The molecule has 1 heterocycles. The second kappa shape index (κ2) is 13.4. The molecule has 1 saturated heterocycles. The molecule has 7 nitrogen and oxygen atoms in total. The standard InChI is InChI=1S/C25H40ClN3O4S/c1-5-16-34(32,33)28(15-10-20(2)3)19-25(31)29(18-22-9-7-6-8-21(22)4)23-11-13-27(14-12-23)24(30)17-26/h6-9,20,23H,5,10-19H2,1-4H3. The number of piperidine rings is 1. The number of carbonyl (C=O) groups excluding carboxylic acids is 2. The lowest BCUT2D eigenvalue weighted by Crippen LogP contribution is -2.51. The Labute approximate surface area is 210 Å². The van der Waals surface area contributed by atoms with Crippen molar-refractivity contribution in [1.29, 1.82) is 0 Å². The van der Waals surface area contributed by atoms with Crippen LogP contribution in [0, 0.1) is 12.8 Å². The Morgan fingerprint density at radius 2 is 1.82 bits per heavy atom. The zero-order valence-corrected chi connectivity index (χ0v) is 22.6. The largest absolute Gasteiger partial charge is 0.342 e. The summed E-state index contributed by atoms with van der Waals surface area (Å²) in [5, 5.41) is 0. The summed E-state index contributed by atoms with van der Waals surface area (Å²) in [6, 6.07) is 7.87. The first-order valence-electron chi connectivity index (χ1n) is 12.2. The molecular weight excluding hydrogens is 474 g/mol. The second-order valence-corrected chi connectivity index (χ2v) is 11.9. The van der Waals surface area contributed by atoms with Crippen molar-refractivity contribution in [3.63, 3.8) is 0 Å². The number of alkyl halides is 1. The topological polar surface area (TPSA) is 78.0 Å². The van der Waals surface area contributed by atoms with E-state index in [-0.39, 0.29) is 36.0 Å². The Morgan fingerprint density at radius 1 is 1.18 bits per heavy atom. The van der Waals surface area contributed by atoms with Crippen LogP contribution >= 0.6 is 11.6 Å². The molecular formula is C25H40ClN3O4S. The van der Waals surface area contributed by atoms with Crippen molar-refractivity contribution < 1.29 is 18.0 Å². The summed E-state index contributed by atoms with van der Waals surface area (Å²) in [5.41, 5.74) is 2.13. The summed E-state index contributed by atoms with van der Waals surface area (Å²) in [5.74, 6) is 0.0450. The average Bonchev–Trinajstić information content (AvgIpc) is 2.80. The molecule has 0 unspecified atom stereocenters. The lowest BCUT2D eigenvalue weighted by atomic mass is 10.0. The van der Waals surface area contributed by atoms with Gasteiger partial charge in [-0.2, -0.15) is 4.31 Å². The van der Waals surface area contributed by atoms with Gasteiger partial charge in [0.1, 0.15) is 5.88 Å². The number of hydrogen-bond acceptors (Lipinski definition) is 4. The Morgan fingerprint density at radius 3 is 2.38 bits per heavy atom. The van der Waals surface area contributed by atoms with E-state index in [1.165, 1.54) is 4.31 Å². The first-order chi connectivity index (χ1) is 16.1. The van der Waals surface area contributed by atoms with E-state index in [4.69, 9.17) is 11.6 Å². The number of likely N-dealkylation sites (tertiary alicyclic amines) is 1. The molecule has 0 bridgehead atoms. The van der Waals surface area contributed by atoms with Crippen molar-refractivity contribution in [2.24, 2.45) is 5.92 Å². The van der Waals surface area contributed by atoms with E-state index in [0.29, 0.717) is 57.8 Å². The molecule has 1 aromatic carbocycles. The summed E-state index contributed by atoms with van der Waals surface area (Å²) in [6.07, 6.45) is 2.50. The van der Waals surface area contributed by atoms with Crippen molar-refractivity contribution in [2.75, 3.05) is 37.8 Å². The molecule has 9 heteroatoms. The number of sulfonamides is 1. The molecule has 0 spiro atoms. The van der Waals surface area contributed by atoms with E-state index < -0.39 is 10.0 Å². The van der Waals surface area contributed by atoms with Crippen LogP contribution in [0.3, 0.4) is 0 Å². The average molecular weight is 514 g/mol. The van der Waals surface area contributed by atoms with Gasteiger partial charge in [-0.05, 0) is 49.7 Å². The first-order valence-corrected chi connectivity index (χ1v) is 14.4. The molecule has 2 amide bonds. The van der Waals surface area contributed by atoms with Crippen LogP contribution in [-0.4, -0.2) is 78.2 Å². The summed E-state index contributed by atoms with van der Waals surface area (Å²) in [7, 11) is -3.51. The fourth-order valence-corrected chi connectivity index (χ4v) is 5.88. The molecule has 0 aliphatic carbocycles. The predicted molar refractivity (Wildman–Crippen MR) is 137 cm³/mol. The monoisotopic (exact) mass is 513 g/mol. The van der Waals surface area contributed by atoms with Crippen LogP contribution < -0.4 is 0 Å². The highest BCUT2D eigenvalue weighted by atomic mass is 35.5. The predicted octanol–water partition coefficient (Wildman–Crippen LogP) is 3.64. The van der Waals surface area contributed by atoms with Gasteiger partial charge in [-0.3, -0.25) is 9.59 Å². The van der Waals surface area contributed by atoms with E-state index >= 15 is 0 Å². The fourth-order valence-electron chi connectivity index (χ4n) is 4.25. The molecule has 1 fully saturated rings. The summed E-state index contributed by atoms with van der Waals surface area (Å²) < 4.78 is 27.3. The lowest BCUT2D eigenvalue weighted by Gasteiger charge is -2.39. The molecule has 1 aromatic rings. The number of amides is 2. The van der Waals surface area contributed by atoms with Gasteiger partial charge in [-0.1, -0.05) is 45.0 Å². The van der Waals surface area contributed by atoms with Crippen LogP contribution in [0.15, 0.2) is 24.3 Å². The third kappa shape index (κ3) is 8.24. The zero-order valence-electron chi connectivity index (χ0n) is 21.0. The van der Waals surface area contributed by atoms with Gasteiger partial charge in [0.15, 0.2) is 0 Å². The molecule has 0 N–H and O–H groups in total. The van der Waals surface area contributed by atoms with Gasteiger partial charge in [0.2, 0.25) is 21.8 Å². The molecule has 0 atom stereocenters. The highest BCUT2D eigenvalue weighted by Gasteiger charge is 2.32. The molecule has 2 rings (SSSR count). The maximum atomic E-state index is 13.7. The lowest BCUT2D eigenvalue weighted by molar-refractivity contribution is -0.136. The smallest absolute Gasteiger partial charge is 0.238 e. The first kappa shape index (κ1) is 28.6. The zero-order chi connectivity index (χ0) is 25.3. The third-order valence-corrected chi connectivity index (χ3v) is 8.67. The number of hydrogen-bond donors (Lipinski definition) is 0. The van der Waals surface area contributed by atoms with E-state index in [2.05, 4.69) is 0 Å². The van der Waals surface area contributed by atoms with Crippen LogP contribution in [0.2, 0.25) is 0 Å². The highest BCUT2D eigenvalue weighted by Crippen LogP contribution is 2.22. The number of halogens is 1. The van der Waals surface area contributed by atoms with E-state index in [9.17, 15) is 18.0 Å². The number of rotatable bonds is 12. The highest BCUT2D eigenvalue weighted by molar-refractivity contribution is 7.89. The Hall–Kier alpha value is -1.64. The van der Waals surface area contributed by atoms with Crippen LogP contribution in [0.1, 0.15) is 57.6 Å². The summed E-state index contributed by atoms with van der Waals surface area (Å²) in [4.78, 5) is 29.2. The van der Waals surface area contributed by atoms with Crippen LogP contribution in [-0.2, 0) is 26.2 Å². The Bertz CT molecular complexity index is 914. The van der Waals surface area contributed by atoms with Gasteiger partial charge in [0.25, 0.3) is 0 Å². The molecule has 1 aliphatic heterocycles. The minimum Gasteiger partial charge on any atom is -0.342 e. The Kier molecular flexibility index (Phi) is 11.3. The molecule has 192 valence electrons. The van der Waals surface area contributed by atoms with Gasteiger partial charge in [0.05, 0.1) is 12.3 Å². The van der Waals surface area contributed by atoms with Gasteiger partial charge in [-0.25, -0.2) is 8.42 Å². The van der Waals surface area contributed by atoms with Crippen LogP contribution in [0.5, 0.6) is 0 Å². The quantitative estimate of drug-likeness (QED) is 0.400.